The average molecular weight is 285 g/mol. The summed E-state index contributed by atoms with van der Waals surface area (Å²) in [6, 6.07) is 0.916. The number of hydrogen-bond acceptors (Lipinski definition) is 3. The Kier molecular flexibility index (Phi) is 3.92. The zero-order valence-electron chi connectivity index (χ0n) is 7.51. The lowest BCUT2D eigenvalue weighted by Crippen LogP contribution is -2.15. The van der Waals surface area contributed by atoms with Gasteiger partial charge in [-0.1, -0.05) is 0 Å². The maximum absolute atomic E-state index is 12.5. The normalized spacial score (nSPS) is 11.5. The Morgan fingerprint density at radius 1 is 1.47 bits per heavy atom. The highest BCUT2D eigenvalue weighted by molar-refractivity contribution is 9.10. The molecule has 0 aliphatic carbocycles. The van der Waals surface area contributed by atoms with Gasteiger partial charge in [-0.25, -0.2) is 4.98 Å². The van der Waals surface area contributed by atoms with Gasteiger partial charge in [-0.2, -0.15) is 13.2 Å². The number of ether oxygens (including phenoxy) is 1. The molecular weight excluding hydrogens is 277 g/mol. The monoisotopic (exact) mass is 284 g/mol. The molecule has 0 aliphatic heterocycles. The van der Waals surface area contributed by atoms with Crippen LogP contribution in [0.2, 0.25) is 0 Å². The smallest absolute Gasteiger partial charge is 0.421 e. The van der Waals surface area contributed by atoms with E-state index in [1.165, 1.54) is 6.20 Å². The predicted octanol–water partition coefficient (Wildman–Crippen LogP) is 2.20. The first-order chi connectivity index (χ1) is 6.95. The summed E-state index contributed by atoms with van der Waals surface area (Å²) in [5.41, 5.74) is 4.21. The van der Waals surface area contributed by atoms with E-state index in [1.54, 1.807) is 0 Å². The molecular formula is C8H8BrF3N2O. The molecule has 0 aliphatic rings. The molecule has 1 heterocycles. The average Bonchev–Trinajstić information content (AvgIpc) is 2.14. The van der Waals surface area contributed by atoms with E-state index in [1.807, 2.05) is 0 Å². The number of aromatic nitrogens is 1. The molecule has 15 heavy (non-hydrogen) atoms. The van der Waals surface area contributed by atoms with Gasteiger partial charge in [-0.3, -0.25) is 0 Å². The lowest BCUT2D eigenvalue weighted by molar-refractivity contribution is -0.139. The molecule has 0 atom stereocenters. The van der Waals surface area contributed by atoms with Crippen LogP contribution in [0.15, 0.2) is 16.7 Å². The Bertz CT molecular complexity index is 343. The van der Waals surface area contributed by atoms with Crippen LogP contribution in [0.4, 0.5) is 13.2 Å². The van der Waals surface area contributed by atoms with Crippen LogP contribution in [0, 0.1) is 0 Å². The third kappa shape index (κ3) is 3.35. The number of rotatable bonds is 3. The number of halogens is 4. The van der Waals surface area contributed by atoms with Crippen LogP contribution in [-0.2, 0) is 6.18 Å². The first-order valence-corrected chi connectivity index (χ1v) is 4.80. The van der Waals surface area contributed by atoms with Crippen molar-refractivity contribution < 1.29 is 17.9 Å². The molecule has 1 aromatic rings. The topological polar surface area (TPSA) is 48.1 Å². The summed E-state index contributed by atoms with van der Waals surface area (Å²) in [4.78, 5) is 3.54. The highest BCUT2D eigenvalue weighted by Crippen LogP contribution is 2.36. The van der Waals surface area contributed by atoms with Crippen molar-refractivity contribution >= 4 is 15.9 Å². The van der Waals surface area contributed by atoms with E-state index < -0.39 is 17.6 Å². The van der Waals surface area contributed by atoms with Gasteiger partial charge in [0.25, 0.3) is 0 Å². The molecule has 0 amide bonds. The third-order valence-electron chi connectivity index (χ3n) is 1.48. The summed E-state index contributed by atoms with van der Waals surface area (Å²) in [6.07, 6.45) is -3.25. The van der Waals surface area contributed by atoms with Crippen molar-refractivity contribution in [2.45, 2.75) is 6.18 Å². The maximum Gasteiger partial charge on any atom is 0.421 e. The van der Waals surface area contributed by atoms with Crippen LogP contribution in [0.3, 0.4) is 0 Å². The highest BCUT2D eigenvalue weighted by atomic mass is 79.9. The minimum Gasteiger partial charge on any atom is -0.476 e. The summed E-state index contributed by atoms with van der Waals surface area (Å²) in [5.74, 6) is -0.448. The second-order valence-electron chi connectivity index (χ2n) is 2.64. The van der Waals surface area contributed by atoms with Crippen molar-refractivity contribution in [3.8, 4) is 5.88 Å². The SMILES string of the molecule is NCCOc1ncc(Br)cc1C(F)(F)F. The van der Waals surface area contributed by atoms with Crippen LogP contribution in [-0.4, -0.2) is 18.1 Å². The van der Waals surface area contributed by atoms with Gasteiger partial charge in [0.15, 0.2) is 0 Å². The van der Waals surface area contributed by atoms with E-state index in [0.29, 0.717) is 0 Å². The zero-order chi connectivity index (χ0) is 11.5. The van der Waals surface area contributed by atoms with Gasteiger partial charge in [-0.15, -0.1) is 0 Å². The van der Waals surface area contributed by atoms with E-state index in [-0.39, 0.29) is 17.6 Å². The summed E-state index contributed by atoms with van der Waals surface area (Å²) >= 11 is 2.91. The molecule has 0 saturated heterocycles. The fourth-order valence-electron chi connectivity index (χ4n) is 0.900. The van der Waals surface area contributed by atoms with Crippen molar-refractivity contribution in [2.75, 3.05) is 13.2 Å². The van der Waals surface area contributed by atoms with E-state index in [4.69, 9.17) is 10.5 Å². The quantitative estimate of drug-likeness (QED) is 0.926. The van der Waals surface area contributed by atoms with Gasteiger partial charge in [0.2, 0.25) is 5.88 Å². The van der Waals surface area contributed by atoms with Crippen molar-refractivity contribution in [3.05, 3.63) is 22.3 Å². The molecule has 0 spiro atoms. The minimum atomic E-state index is -4.49. The zero-order valence-corrected chi connectivity index (χ0v) is 9.10. The predicted molar refractivity (Wildman–Crippen MR) is 51.5 cm³/mol. The van der Waals surface area contributed by atoms with E-state index in [0.717, 1.165) is 6.07 Å². The lowest BCUT2D eigenvalue weighted by Gasteiger charge is -2.12. The van der Waals surface area contributed by atoms with Gasteiger partial charge < -0.3 is 10.5 Å². The van der Waals surface area contributed by atoms with E-state index >= 15 is 0 Å². The summed E-state index contributed by atoms with van der Waals surface area (Å²) in [7, 11) is 0. The maximum atomic E-state index is 12.5. The van der Waals surface area contributed by atoms with Crippen molar-refractivity contribution in [2.24, 2.45) is 5.73 Å². The molecule has 0 radical (unpaired) electrons. The molecule has 1 rings (SSSR count). The Balaban J connectivity index is 3.04. The standard InChI is InChI=1S/C8H8BrF3N2O/c9-5-3-6(8(10,11)12)7(14-4-5)15-2-1-13/h3-4H,1-2,13H2. The summed E-state index contributed by atoms with van der Waals surface area (Å²) in [5, 5.41) is 0. The van der Waals surface area contributed by atoms with Gasteiger partial charge in [-0.05, 0) is 22.0 Å². The summed E-state index contributed by atoms with van der Waals surface area (Å²) < 4.78 is 42.5. The Hall–Kier alpha value is -0.820. The first kappa shape index (κ1) is 12.3. The first-order valence-electron chi connectivity index (χ1n) is 4.00. The second-order valence-corrected chi connectivity index (χ2v) is 3.56. The van der Waals surface area contributed by atoms with Gasteiger partial charge in [0, 0.05) is 17.2 Å². The number of pyridine rings is 1. The molecule has 1 aromatic heterocycles. The van der Waals surface area contributed by atoms with E-state index in [9.17, 15) is 13.2 Å². The molecule has 0 unspecified atom stereocenters. The minimum absolute atomic E-state index is 0.00227. The third-order valence-corrected chi connectivity index (χ3v) is 1.91. The van der Waals surface area contributed by atoms with Crippen molar-refractivity contribution in [1.82, 2.24) is 4.98 Å². The van der Waals surface area contributed by atoms with Gasteiger partial charge >= 0.3 is 6.18 Å². The molecule has 84 valence electrons. The molecule has 3 nitrogen and oxygen atoms in total. The van der Waals surface area contributed by atoms with Crippen LogP contribution < -0.4 is 10.5 Å². The molecule has 0 aromatic carbocycles. The van der Waals surface area contributed by atoms with E-state index in [2.05, 4.69) is 20.9 Å². The Morgan fingerprint density at radius 2 is 2.13 bits per heavy atom. The van der Waals surface area contributed by atoms with Crippen LogP contribution in [0.1, 0.15) is 5.56 Å². The number of nitrogens with two attached hydrogens (primary N) is 1. The fourth-order valence-corrected chi connectivity index (χ4v) is 1.23. The van der Waals surface area contributed by atoms with Crippen LogP contribution in [0.5, 0.6) is 5.88 Å². The number of hydrogen-bond donors (Lipinski definition) is 1. The molecule has 0 saturated carbocycles. The van der Waals surface area contributed by atoms with Gasteiger partial charge in [0.05, 0.1) is 0 Å². The molecule has 0 fully saturated rings. The largest absolute Gasteiger partial charge is 0.476 e. The summed E-state index contributed by atoms with van der Waals surface area (Å²) in [6.45, 7) is 0.132. The van der Waals surface area contributed by atoms with Crippen molar-refractivity contribution in [3.63, 3.8) is 0 Å². The van der Waals surface area contributed by atoms with Gasteiger partial charge in [0.1, 0.15) is 12.2 Å². The fraction of sp³-hybridized carbons (Fsp3) is 0.375. The lowest BCUT2D eigenvalue weighted by atomic mass is 10.2. The highest BCUT2D eigenvalue weighted by Gasteiger charge is 2.35. The Labute approximate surface area is 92.6 Å². The second kappa shape index (κ2) is 4.80. The van der Waals surface area contributed by atoms with Crippen LogP contribution >= 0.6 is 15.9 Å². The molecule has 2 N–H and O–H groups in total. The molecule has 7 heteroatoms. The Morgan fingerprint density at radius 3 is 2.67 bits per heavy atom. The molecule has 0 bridgehead atoms. The van der Waals surface area contributed by atoms with Crippen molar-refractivity contribution in [1.29, 1.82) is 0 Å². The number of nitrogens with zero attached hydrogens (tertiary/aromatic N) is 1. The van der Waals surface area contributed by atoms with Crippen LogP contribution in [0.25, 0.3) is 0 Å². The number of alkyl halides is 3.